The van der Waals surface area contributed by atoms with Crippen molar-refractivity contribution in [1.29, 1.82) is 0 Å². The zero-order valence-electron chi connectivity index (χ0n) is 12.3. The third-order valence-corrected chi connectivity index (χ3v) is 5.54. The van der Waals surface area contributed by atoms with Gasteiger partial charge in [-0.25, -0.2) is 4.79 Å². The Kier molecular flexibility index (Phi) is 9.97. The van der Waals surface area contributed by atoms with Crippen molar-refractivity contribution < 1.29 is 14.3 Å². The minimum Gasteiger partial charge on any atom is -0.464 e. The molecule has 0 aliphatic rings. The molecule has 0 fully saturated rings. The lowest BCUT2D eigenvalue weighted by Crippen LogP contribution is -2.29. The number of carbonyl (C=O) groups is 1. The van der Waals surface area contributed by atoms with Crippen LogP contribution in [0.25, 0.3) is 0 Å². The van der Waals surface area contributed by atoms with Crippen molar-refractivity contribution in [1.82, 2.24) is 0 Å². The van der Waals surface area contributed by atoms with Crippen LogP contribution in [-0.4, -0.2) is 34.4 Å². The van der Waals surface area contributed by atoms with E-state index in [4.69, 9.17) is 9.47 Å². The van der Waals surface area contributed by atoms with E-state index in [0.717, 1.165) is 32.5 Å². The number of ether oxygens (including phenoxy) is 2. The quantitative estimate of drug-likeness (QED) is 0.348. The first-order valence-electron chi connectivity index (χ1n) is 6.99. The average Bonchev–Trinajstić information content (AvgIpc) is 2.34. The van der Waals surface area contributed by atoms with Crippen molar-refractivity contribution in [3.05, 3.63) is 12.2 Å². The molecule has 0 amide bonds. The molecule has 0 aliphatic heterocycles. The van der Waals surface area contributed by atoms with Gasteiger partial charge in [0.05, 0.1) is 15.2 Å². The normalized spacial score (nSPS) is 14.7. The summed E-state index contributed by atoms with van der Waals surface area (Å²) in [7, 11) is -0.476. The van der Waals surface area contributed by atoms with Gasteiger partial charge in [-0.3, -0.25) is 0 Å². The standard InChI is InChI=1S/C14H28O3Si/c1-6-9-13(17-14(15)11(4)5)18-12(7-2)10-16-8-3/h12-13H,4,6-10,18H2,1-3,5H3. The molecule has 106 valence electrons. The van der Waals surface area contributed by atoms with Gasteiger partial charge in [-0.15, -0.1) is 0 Å². The summed E-state index contributed by atoms with van der Waals surface area (Å²) in [6, 6.07) is 0. The number of carbonyl (C=O) groups excluding carboxylic acids is 1. The van der Waals surface area contributed by atoms with E-state index in [1.807, 2.05) is 6.92 Å². The highest BCUT2D eigenvalue weighted by atomic mass is 28.2. The summed E-state index contributed by atoms with van der Waals surface area (Å²) < 4.78 is 11.0. The van der Waals surface area contributed by atoms with E-state index in [9.17, 15) is 4.79 Å². The van der Waals surface area contributed by atoms with Crippen LogP contribution < -0.4 is 0 Å². The van der Waals surface area contributed by atoms with Crippen molar-refractivity contribution in [2.45, 2.75) is 58.2 Å². The molecule has 2 unspecified atom stereocenters. The van der Waals surface area contributed by atoms with Crippen LogP contribution >= 0.6 is 0 Å². The fourth-order valence-electron chi connectivity index (χ4n) is 1.81. The first kappa shape index (κ1) is 17.4. The molecular formula is C14H28O3Si. The highest BCUT2D eigenvalue weighted by Gasteiger charge is 2.19. The molecule has 0 aromatic rings. The zero-order valence-corrected chi connectivity index (χ0v) is 13.7. The van der Waals surface area contributed by atoms with Crippen LogP contribution in [0, 0.1) is 0 Å². The molecule has 0 bridgehead atoms. The highest BCUT2D eigenvalue weighted by Crippen LogP contribution is 2.15. The first-order valence-corrected chi connectivity index (χ1v) is 8.62. The van der Waals surface area contributed by atoms with E-state index in [0.29, 0.717) is 11.1 Å². The topological polar surface area (TPSA) is 35.5 Å². The van der Waals surface area contributed by atoms with Gasteiger partial charge in [0.1, 0.15) is 0 Å². The summed E-state index contributed by atoms with van der Waals surface area (Å²) in [6.45, 7) is 13.2. The predicted molar refractivity (Wildman–Crippen MR) is 78.7 cm³/mol. The zero-order chi connectivity index (χ0) is 14.0. The summed E-state index contributed by atoms with van der Waals surface area (Å²) in [5, 5.41) is 0. The van der Waals surface area contributed by atoms with Crippen molar-refractivity contribution >= 4 is 15.5 Å². The molecule has 3 nitrogen and oxygen atoms in total. The van der Waals surface area contributed by atoms with Gasteiger partial charge in [0, 0.05) is 18.8 Å². The largest absolute Gasteiger partial charge is 0.464 e. The average molecular weight is 272 g/mol. The van der Waals surface area contributed by atoms with Gasteiger partial charge in [-0.2, -0.15) is 0 Å². The third-order valence-electron chi connectivity index (χ3n) is 2.96. The smallest absolute Gasteiger partial charge is 0.333 e. The van der Waals surface area contributed by atoms with Gasteiger partial charge in [0.15, 0.2) is 0 Å². The monoisotopic (exact) mass is 272 g/mol. The summed E-state index contributed by atoms with van der Waals surface area (Å²) in [5.41, 5.74) is 1.21. The van der Waals surface area contributed by atoms with Crippen LogP contribution in [-0.2, 0) is 14.3 Å². The van der Waals surface area contributed by atoms with E-state index in [1.165, 1.54) is 0 Å². The number of hydrogen-bond donors (Lipinski definition) is 0. The van der Waals surface area contributed by atoms with Crippen molar-refractivity contribution in [2.24, 2.45) is 0 Å². The van der Waals surface area contributed by atoms with Crippen LogP contribution in [0.4, 0.5) is 0 Å². The molecule has 0 N–H and O–H groups in total. The lowest BCUT2D eigenvalue weighted by molar-refractivity contribution is -0.141. The van der Waals surface area contributed by atoms with Gasteiger partial charge in [0.25, 0.3) is 0 Å². The lowest BCUT2D eigenvalue weighted by Gasteiger charge is -2.22. The Morgan fingerprint density at radius 1 is 1.33 bits per heavy atom. The third kappa shape index (κ3) is 7.66. The Morgan fingerprint density at radius 3 is 2.44 bits per heavy atom. The van der Waals surface area contributed by atoms with Gasteiger partial charge < -0.3 is 9.47 Å². The second-order valence-electron chi connectivity index (χ2n) is 4.77. The molecular weight excluding hydrogens is 244 g/mol. The van der Waals surface area contributed by atoms with E-state index in [2.05, 4.69) is 20.4 Å². The van der Waals surface area contributed by atoms with Gasteiger partial charge in [0.2, 0.25) is 0 Å². The Morgan fingerprint density at radius 2 is 2.00 bits per heavy atom. The molecule has 4 heteroatoms. The van der Waals surface area contributed by atoms with Crippen molar-refractivity contribution in [2.75, 3.05) is 13.2 Å². The second-order valence-corrected chi connectivity index (χ2v) is 7.30. The molecule has 0 rings (SSSR count). The van der Waals surface area contributed by atoms with E-state index < -0.39 is 9.52 Å². The maximum absolute atomic E-state index is 11.6. The summed E-state index contributed by atoms with van der Waals surface area (Å²) in [4.78, 5) is 11.6. The number of hydrogen-bond acceptors (Lipinski definition) is 3. The van der Waals surface area contributed by atoms with Crippen LogP contribution in [0.3, 0.4) is 0 Å². The van der Waals surface area contributed by atoms with Crippen molar-refractivity contribution in [3.63, 3.8) is 0 Å². The fourth-order valence-corrected chi connectivity index (χ4v) is 4.08. The van der Waals surface area contributed by atoms with E-state index in [-0.39, 0.29) is 11.7 Å². The molecule has 2 atom stereocenters. The summed E-state index contributed by atoms with van der Waals surface area (Å²) >= 11 is 0. The van der Waals surface area contributed by atoms with Crippen LogP contribution in [0.1, 0.15) is 47.0 Å². The molecule has 0 heterocycles. The Hall–Kier alpha value is -0.613. The Labute approximate surface area is 114 Å². The van der Waals surface area contributed by atoms with Crippen molar-refractivity contribution in [3.8, 4) is 0 Å². The maximum atomic E-state index is 11.6. The predicted octanol–water partition coefficient (Wildman–Crippen LogP) is 2.64. The number of rotatable bonds is 10. The molecule has 0 saturated heterocycles. The van der Waals surface area contributed by atoms with E-state index >= 15 is 0 Å². The summed E-state index contributed by atoms with van der Waals surface area (Å²) in [6.07, 6.45) is 3.12. The maximum Gasteiger partial charge on any atom is 0.333 e. The highest BCUT2D eigenvalue weighted by molar-refractivity contribution is 6.39. The lowest BCUT2D eigenvalue weighted by atomic mass is 10.3. The summed E-state index contributed by atoms with van der Waals surface area (Å²) in [5.74, 6) is -0.243. The minimum atomic E-state index is -0.476. The SMILES string of the molecule is C=C(C)C(=O)OC(CCC)[SiH2]C(CC)COCC. The van der Waals surface area contributed by atoms with Crippen LogP contribution in [0.5, 0.6) is 0 Å². The molecule has 0 saturated carbocycles. The Balaban J connectivity index is 4.30. The fraction of sp³-hybridized carbons (Fsp3) is 0.786. The van der Waals surface area contributed by atoms with Gasteiger partial charge in [-0.05, 0) is 25.8 Å². The van der Waals surface area contributed by atoms with Gasteiger partial charge >= 0.3 is 5.97 Å². The number of esters is 1. The molecule has 0 aromatic carbocycles. The van der Waals surface area contributed by atoms with Crippen LogP contribution in [0.2, 0.25) is 5.54 Å². The van der Waals surface area contributed by atoms with Gasteiger partial charge in [-0.1, -0.05) is 33.3 Å². The first-order chi connectivity index (χ1) is 8.54. The molecule has 18 heavy (non-hydrogen) atoms. The minimum absolute atomic E-state index is 0.129. The molecule has 0 radical (unpaired) electrons. The van der Waals surface area contributed by atoms with Crippen LogP contribution in [0.15, 0.2) is 12.2 Å². The molecule has 0 aliphatic carbocycles. The molecule has 0 spiro atoms. The second kappa shape index (κ2) is 10.3. The van der Waals surface area contributed by atoms with E-state index in [1.54, 1.807) is 6.92 Å². The Bertz CT molecular complexity index is 253. The molecule has 0 aromatic heterocycles.